The minimum atomic E-state index is -1.17. The maximum atomic E-state index is 12.7. The van der Waals surface area contributed by atoms with Crippen molar-refractivity contribution in [2.45, 2.75) is 12.2 Å². The fraction of sp³-hybridized carbons (Fsp3) is 0.0833. The van der Waals surface area contributed by atoms with E-state index in [1.807, 2.05) is 6.07 Å². The summed E-state index contributed by atoms with van der Waals surface area (Å²) in [6.07, 6.45) is -0.497. The van der Waals surface area contributed by atoms with E-state index >= 15 is 0 Å². The summed E-state index contributed by atoms with van der Waals surface area (Å²) in [4.78, 5) is 23.8. The van der Waals surface area contributed by atoms with Gasteiger partial charge in [0.05, 0.1) is 0 Å². The number of ether oxygens (including phenoxy) is 2. The van der Waals surface area contributed by atoms with Crippen molar-refractivity contribution in [3.8, 4) is 11.5 Å². The average molecular weight is 498 g/mol. The highest BCUT2D eigenvalue weighted by molar-refractivity contribution is 9.10. The molecule has 0 radical (unpaired) electrons. The maximum absolute atomic E-state index is 12.7. The number of anilines is 1. The number of aliphatic carboxylic acids is 1. The lowest BCUT2D eigenvalue weighted by Gasteiger charge is -2.26. The molecule has 0 unspecified atom stereocenters. The standard InChI is InChI=1S/C24H20BrNO6/c25-17-8-10-18(11-9-17)26-24(30)32-23(16-6-12-19(27)13-7-16)21(14-15-22(28)29)31-20-4-2-1-3-5-20/h1-15,21,23,27H,(H,26,30)(H,28,29)/b15-14+/t21-,23-/m0/s1. The van der Waals surface area contributed by atoms with Crippen LogP contribution in [-0.2, 0) is 9.53 Å². The molecule has 3 rings (SSSR count). The second-order valence-corrected chi connectivity index (χ2v) is 7.56. The number of aromatic hydroxyl groups is 1. The first-order valence-electron chi connectivity index (χ1n) is 9.55. The van der Waals surface area contributed by atoms with Crippen LogP contribution in [0.4, 0.5) is 10.5 Å². The van der Waals surface area contributed by atoms with Gasteiger partial charge in [0.1, 0.15) is 11.5 Å². The van der Waals surface area contributed by atoms with Crippen LogP contribution < -0.4 is 10.1 Å². The maximum Gasteiger partial charge on any atom is 0.412 e. The number of hydrogen-bond donors (Lipinski definition) is 3. The highest BCUT2D eigenvalue weighted by atomic mass is 79.9. The molecule has 0 saturated carbocycles. The molecule has 0 aliphatic rings. The van der Waals surface area contributed by atoms with Crippen LogP contribution in [0.15, 0.2) is 95.5 Å². The molecule has 1 amide bonds. The molecule has 32 heavy (non-hydrogen) atoms. The van der Waals surface area contributed by atoms with E-state index in [1.54, 1.807) is 60.7 Å². The van der Waals surface area contributed by atoms with Gasteiger partial charge in [-0.25, -0.2) is 9.59 Å². The number of benzene rings is 3. The van der Waals surface area contributed by atoms with Crippen LogP contribution in [0.3, 0.4) is 0 Å². The van der Waals surface area contributed by atoms with Gasteiger partial charge in [-0.05, 0) is 60.2 Å². The normalized spacial score (nSPS) is 12.7. The van der Waals surface area contributed by atoms with E-state index in [2.05, 4.69) is 21.2 Å². The highest BCUT2D eigenvalue weighted by Crippen LogP contribution is 2.28. The third-order valence-electron chi connectivity index (χ3n) is 4.29. The topological polar surface area (TPSA) is 105 Å². The lowest BCUT2D eigenvalue weighted by atomic mass is 10.0. The van der Waals surface area contributed by atoms with Crippen LogP contribution >= 0.6 is 15.9 Å². The zero-order valence-electron chi connectivity index (χ0n) is 16.7. The summed E-state index contributed by atoms with van der Waals surface area (Å²) in [5.74, 6) is -0.669. The van der Waals surface area contributed by atoms with Gasteiger partial charge in [-0.15, -0.1) is 0 Å². The molecule has 0 bridgehead atoms. The largest absolute Gasteiger partial charge is 0.508 e. The Morgan fingerprint density at radius 2 is 1.59 bits per heavy atom. The molecule has 2 atom stereocenters. The number of halogens is 1. The van der Waals surface area contributed by atoms with Crippen molar-refractivity contribution in [1.29, 1.82) is 0 Å². The Hall–Kier alpha value is -3.78. The van der Waals surface area contributed by atoms with Crippen molar-refractivity contribution in [3.05, 3.63) is 101 Å². The summed E-state index contributed by atoms with van der Waals surface area (Å²) >= 11 is 3.33. The Bertz CT molecular complexity index is 1070. The molecule has 3 N–H and O–H groups in total. The van der Waals surface area contributed by atoms with E-state index in [0.29, 0.717) is 17.0 Å². The Kier molecular flexibility index (Phi) is 7.88. The van der Waals surface area contributed by atoms with E-state index in [0.717, 1.165) is 10.5 Å². The molecule has 0 spiro atoms. The highest BCUT2D eigenvalue weighted by Gasteiger charge is 2.28. The molecule has 3 aromatic rings. The number of para-hydroxylation sites is 1. The molecule has 7 nitrogen and oxygen atoms in total. The predicted octanol–water partition coefficient (Wildman–Crippen LogP) is 5.53. The first kappa shape index (κ1) is 22.9. The zero-order valence-corrected chi connectivity index (χ0v) is 18.3. The van der Waals surface area contributed by atoms with Gasteiger partial charge >= 0.3 is 12.1 Å². The minimum absolute atomic E-state index is 0.0356. The van der Waals surface area contributed by atoms with Gasteiger partial charge in [-0.1, -0.05) is 46.3 Å². The SMILES string of the molecule is O=C(O)/C=C/[C@H](Oc1ccccc1)[C@@H](OC(=O)Nc1ccc(Br)cc1)c1ccc(O)cc1. The second-order valence-electron chi connectivity index (χ2n) is 6.64. The summed E-state index contributed by atoms with van der Waals surface area (Å²) < 4.78 is 12.5. The fourth-order valence-corrected chi connectivity index (χ4v) is 3.08. The smallest absolute Gasteiger partial charge is 0.412 e. The van der Waals surface area contributed by atoms with E-state index < -0.39 is 24.3 Å². The van der Waals surface area contributed by atoms with Gasteiger partial charge in [0, 0.05) is 16.2 Å². The summed E-state index contributed by atoms with van der Waals surface area (Å²) in [6.45, 7) is 0. The third-order valence-corrected chi connectivity index (χ3v) is 4.82. The Morgan fingerprint density at radius 3 is 2.22 bits per heavy atom. The fourth-order valence-electron chi connectivity index (χ4n) is 2.82. The zero-order chi connectivity index (χ0) is 22.9. The van der Waals surface area contributed by atoms with Gasteiger partial charge in [-0.2, -0.15) is 0 Å². The van der Waals surface area contributed by atoms with Crippen molar-refractivity contribution >= 4 is 33.7 Å². The van der Waals surface area contributed by atoms with Crippen LogP contribution in [0.1, 0.15) is 11.7 Å². The van der Waals surface area contributed by atoms with Gasteiger partial charge in [-0.3, -0.25) is 5.32 Å². The summed E-state index contributed by atoms with van der Waals surface area (Å²) in [5, 5.41) is 21.4. The molecule has 3 aromatic carbocycles. The van der Waals surface area contributed by atoms with Crippen LogP contribution in [0.2, 0.25) is 0 Å². The third kappa shape index (κ3) is 6.88. The summed E-state index contributed by atoms with van der Waals surface area (Å²) in [6, 6.07) is 21.7. The van der Waals surface area contributed by atoms with Crippen LogP contribution in [0.25, 0.3) is 0 Å². The van der Waals surface area contributed by atoms with Gasteiger partial charge < -0.3 is 19.7 Å². The van der Waals surface area contributed by atoms with Crippen molar-refractivity contribution < 1.29 is 29.3 Å². The number of phenols is 1. The van der Waals surface area contributed by atoms with E-state index in [4.69, 9.17) is 14.6 Å². The van der Waals surface area contributed by atoms with Crippen molar-refractivity contribution in [3.63, 3.8) is 0 Å². The number of phenolic OH excluding ortho intramolecular Hbond substituents is 1. The van der Waals surface area contributed by atoms with Gasteiger partial charge in [0.25, 0.3) is 0 Å². The van der Waals surface area contributed by atoms with Crippen LogP contribution in [0, 0.1) is 0 Å². The first-order chi connectivity index (χ1) is 15.4. The molecule has 0 aliphatic carbocycles. The molecule has 0 aromatic heterocycles. The van der Waals surface area contributed by atoms with E-state index in [1.165, 1.54) is 18.2 Å². The number of rotatable bonds is 8. The molecule has 164 valence electrons. The molecule has 0 saturated heterocycles. The predicted molar refractivity (Wildman–Crippen MR) is 123 cm³/mol. The van der Waals surface area contributed by atoms with Crippen molar-refractivity contribution in [2.75, 3.05) is 5.32 Å². The number of hydrogen-bond acceptors (Lipinski definition) is 5. The van der Waals surface area contributed by atoms with Crippen LogP contribution in [-0.4, -0.2) is 28.4 Å². The van der Waals surface area contributed by atoms with E-state index in [-0.39, 0.29) is 5.75 Å². The summed E-state index contributed by atoms with van der Waals surface area (Å²) in [7, 11) is 0. The molecular weight excluding hydrogens is 478 g/mol. The monoisotopic (exact) mass is 497 g/mol. The molecular formula is C24H20BrNO6. The van der Waals surface area contributed by atoms with Crippen molar-refractivity contribution in [2.24, 2.45) is 0 Å². The quantitative estimate of drug-likeness (QED) is 0.353. The Labute approximate surface area is 193 Å². The number of amides is 1. The Morgan fingerprint density at radius 1 is 0.938 bits per heavy atom. The summed E-state index contributed by atoms with van der Waals surface area (Å²) in [5.41, 5.74) is 1.02. The molecule has 0 aliphatic heterocycles. The van der Waals surface area contributed by atoms with Gasteiger partial charge in [0.15, 0.2) is 12.2 Å². The number of carboxylic acids is 1. The first-order valence-corrected chi connectivity index (χ1v) is 10.3. The minimum Gasteiger partial charge on any atom is -0.508 e. The van der Waals surface area contributed by atoms with E-state index in [9.17, 15) is 14.7 Å². The Balaban J connectivity index is 1.90. The second kappa shape index (κ2) is 11.0. The number of carboxylic acid groups (broad SMARTS) is 1. The lowest BCUT2D eigenvalue weighted by molar-refractivity contribution is -0.131. The molecule has 8 heteroatoms. The number of carbonyl (C=O) groups is 2. The van der Waals surface area contributed by atoms with Gasteiger partial charge in [0.2, 0.25) is 0 Å². The lowest BCUT2D eigenvalue weighted by Crippen LogP contribution is -2.29. The molecule has 0 heterocycles. The van der Waals surface area contributed by atoms with Crippen LogP contribution in [0.5, 0.6) is 11.5 Å². The number of nitrogens with one attached hydrogen (secondary N) is 1. The number of carbonyl (C=O) groups excluding carboxylic acids is 1. The average Bonchev–Trinajstić information content (AvgIpc) is 2.78. The van der Waals surface area contributed by atoms with Crippen molar-refractivity contribution in [1.82, 2.24) is 0 Å². The molecule has 0 fully saturated rings.